The van der Waals surface area contributed by atoms with Crippen LogP contribution in [0.5, 0.6) is 11.5 Å². The summed E-state index contributed by atoms with van der Waals surface area (Å²) in [6.07, 6.45) is 6.12. The van der Waals surface area contributed by atoms with Crippen molar-refractivity contribution in [2.45, 2.75) is 38.3 Å². The van der Waals surface area contributed by atoms with Crippen molar-refractivity contribution in [1.82, 2.24) is 9.47 Å². The van der Waals surface area contributed by atoms with E-state index in [1.807, 2.05) is 0 Å². The van der Waals surface area contributed by atoms with Crippen LogP contribution in [0.3, 0.4) is 0 Å². The molecule has 0 bridgehead atoms. The zero-order valence-electron chi connectivity index (χ0n) is 18.2. The number of benzene rings is 3. The third-order valence-electron chi connectivity index (χ3n) is 7.22. The zero-order valence-corrected chi connectivity index (χ0v) is 18.2. The van der Waals surface area contributed by atoms with E-state index in [4.69, 9.17) is 4.74 Å². The summed E-state index contributed by atoms with van der Waals surface area (Å²) in [6, 6.07) is 24.5. The molecule has 0 N–H and O–H groups in total. The lowest BCUT2D eigenvalue weighted by atomic mass is 9.91. The van der Waals surface area contributed by atoms with Crippen molar-refractivity contribution >= 4 is 10.9 Å². The van der Waals surface area contributed by atoms with Gasteiger partial charge in [-0.2, -0.15) is 0 Å². The van der Waals surface area contributed by atoms with Gasteiger partial charge in [0.05, 0.1) is 6.04 Å². The first-order chi connectivity index (χ1) is 15.2. The lowest BCUT2D eigenvalue weighted by molar-refractivity contribution is 0.309. The summed E-state index contributed by atoms with van der Waals surface area (Å²) in [4.78, 5) is 2.52. The molecule has 31 heavy (non-hydrogen) atoms. The van der Waals surface area contributed by atoms with Crippen molar-refractivity contribution in [3.05, 3.63) is 95.2 Å². The number of nitrogens with zero attached hydrogens (tertiary/aromatic N) is 2. The lowest BCUT2D eigenvalue weighted by Crippen LogP contribution is -2.26. The molecular formula is C28H28N2O. The van der Waals surface area contributed by atoms with Gasteiger partial charge in [-0.1, -0.05) is 48.5 Å². The topological polar surface area (TPSA) is 17.4 Å². The number of ether oxygens (including phenoxy) is 1. The monoisotopic (exact) mass is 408 g/mol. The van der Waals surface area contributed by atoms with Gasteiger partial charge < -0.3 is 14.2 Å². The second kappa shape index (κ2) is 7.28. The minimum atomic E-state index is 0.112. The van der Waals surface area contributed by atoms with E-state index in [0.29, 0.717) is 6.04 Å². The Labute approximate surface area is 183 Å². The van der Waals surface area contributed by atoms with Crippen molar-refractivity contribution in [2.24, 2.45) is 0 Å². The van der Waals surface area contributed by atoms with Crippen LogP contribution in [-0.4, -0.2) is 29.1 Å². The molecule has 1 saturated heterocycles. The van der Waals surface area contributed by atoms with Crippen LogP contribution >= 0.6 is 0 Å². The van der Waals surface area contributed by atoms with Crippen molar-refractivity contribution < 1.29 is 4.74 Å². The van der Waals surface area contributed by atoms with Crippen molar-refractivity contribution in [3.8, 4) is 11.5 Å². The van der Waals surface area contributed by atoms with Crippen molar-refractivity contribution in [1.29, 1.82) is 0 Å². The zero-order chi connectivity index (χ0) is 20.9. The summed E-state index contributed by atoms with van der Waals surface area (Å²) in [5.74, 6) is 1.93. The Morgan fingerprint density at radius 3 is 2.61 bits per heavy atom. The maximum Gasteiger partial charge on any atom is 0.133 e. The van der Waals surface area contributed by atoms with E-state index in [0.717, 1.165) is 17.9 Å². The minimum absolute atomic E-state index is 0.112. The molecule has 6 rings (SSSR count). The maximum atomic E-state index is 6.33. The second-order valence-corrected chi connectivity index (χ2v) is 9.09. The number of likely N-dealkylation sites (N-methyl/N-ethyl adjacent to an activating group) is 1. The Morgan fingerprint density at radius 2 is 1.74 bits per heavy atom. The second-order valence-electron chi connectivity index (χ2n) is 9.09. The van der Waals surface area contributed by atoms with Gasteiger partial charge in [-0.15, -0.1) is 0 Å². The molecule has 3 aromatic carbocycles. The fraction of sp³-hybridized carbons (Fsp3) is 0.286. The molecule has 1 fully saturated rings. The van der Waals surface area contributed by atoms with E-state index in [2.05, 4.69) is 96.4 Å². The van der Waals surface area contributed by atoms with Crippen LogP contribution in [0.25, 0.3) is 10.9 Å². The van der Waals surface area contributed by atoms with Gasteiger partial charge in [0, 0.05) is 34.3 Å². The molecule has 0 saturated carbocycles. The summed E-state index contributed by atoms with van der Waals surface area (Å²) in [5.41, 5.74) is 6.52. The van der Waals surface area contributed by atoms with Crippen LogP contribution in [0.15, 0.2) is 72.9 Å². The van der Waals surface area contributed by atoms with Crippen LogP contribution < -0.4 is 4.74 Å². The van der Waals surface area contributed by atoms with Gasteiger partial charge in [0.1, 0.15) is 11.5 Å². The van der Waals surface area contributed by atoms with Crippen LogP contribution in [-0.2, 0) is 6.42 Å². The summed E-state index contributed by atoms with van der Waals surface area (Å²) in [5, 5.41) is 1.38. The molecule has 1 aromatic heterocycles. The third-order valence-corrected chi connectivity index (χ3v) is 7.22. The fourth-order valence-corrected chi connectivity index (χ4v) is 5.60. The molecule has 0 radical (unpaired) electrons. The molecule has 4 aromatic rings. The van der Waals surface area contributed by atoms with E-state index >= 15 is 0 Å². The van der Waals surface area contributed by atoms with E-state index in [1.54, 1.807) is 0 Å². The van der Waals surface area contributed by atoms with Crippen LogP contribution in [0.2, 0.25) is 0 Å². The molecule has 2 atom stereocenters. The summed E-state index contributed by atoms with van der Waals surface area (Å²) < 4.78 is 8.82. The predicted octanol–water partition coefficient (Wildman–Crippen LogP) is 6.33. The number of aryl methyl sites for hydroxylation is 1. The van der Waals surface area contributed by atoms with Gasteiger partial charge in [0.2, 0.25) is 0 Å². The minimum Gasteiger partial charge on any atom is -0.457 e. The molecule has 3 nitrogen and oxygen atoms in total. The highest BCUT2D eigenvalue weighted by Gasteiger charge is 2.31. The largest absolute Gasteiger partial charge is 0.457 e. The number of hydrogen-bond donors (Lipinski definition) is 0. The maximum absolute atomic E-state index is 6.33. The first-order valence-corrected chi connectivity index (χ1v) is 11.4. The average Bonchev–Trinajstić information content (AvgIpc) is 3.36. The summed E-state index contributed by atoms with van der Waals surface area (Å²) in [6.45, 7) is 3.41. The van der Waals surface area contributed by atoms with Crippen LogP contribution in [0.1, 0.15) is 41.1 Å². The Balaban J connectivity index is 1.56. The first-order valence-electron chi connectivity index (χ1n) is 11.4. The summed E-state index contributed by atoms with van der Waals surface area (Å²) in [7, 11) is 2.27. The predicted molar refractivity (Wildman–Crippen MR) is 126 cm³/mol. The number of para-hydroxylation sites is 2. The molecule has 3 heteroatoms. The molecular weight excluding hydrogens is 380 g/mol. The fourth-order valence-electron chi connectivity index (χ4n) is 5.60. The van der Waals surface area contributed by atoms with E-state index in [9.17, 15) is 0 Å². The van der Waals surface area contributed by atoms with E-state index < -0.39 is 0 Å². The van der Waals surface area contributed by atoms with Gasteiger partial charge in [-0.3, -0.25) is 0 Å². The first kappa shape index (κ1) is 18.7. The molecule has 0 unspecified atom stereocenters. The summed E-state index contributed by atoms with van der Waals surface area (Å²) >= 11 is 0. The highest BCUT2D eigenvalue weighted by molar-refractivity contribution is 5.85. The van der Waals surface area contributed by atoms with Gasteiger partial charge in [-0.05, 0) is 69.1 Å². The van der Waals surface area contributed by atoms with Gasteiger partial charge in [-0.25, -0.2) is 0 Å². The molecule has 2 aliphatic heterocycles. The number of likely N-dealkylation sites (tertiary alicyclic amines) is 1. The average molecular weight is 409 g/mol. The third kappa shape index (κ3) is 2.99. The molecule has 0 aliphatic carbocycles. The quantitative estimate of drug-likeness (QED) is 0.347. The van der Waals surface area contributed by atoms with Gasteiger partial charge in [0.15, 0.2) is 0 Å². The number of hydrogen-bond acceptors (Lipinski definition) is 2. The molecule has 2 aliphatic rings. The molecule has 156 valence electrons. The van der Waals surface area contributed by atoms with Crippen molar-refractivity contribution in [3.63, 3.8) is 0 Å². The Morgan fingerprint density at radius 1 is 0.935 bits per heavy atom. The SMILES string of the molecule is Cc1cccc2c1[C@H](n1cc(C[C@@H]3CCCN3C)c3ccccc31)c1ccccc1O2. The highest BCUT2D eigenvalue weighted by Crippen LogP contribution is 2.47. The highest BCUT2D eigenvalue weighted by atomic mass is 16.5. The van der Waals surface area contributed by atoms with Crippen LogP contribution in [0.4, 0.5) is 0 Å². The van der Waals surface area contributed by atoms with E-state index in [-0.39, 0.29) is 6.04 Å². The van der Waals surface area contributed by atoms with Crippen LogP contribution in [0, 0.1) is 6.92 Å². The Bertz CT molecular complexity index is 1270. The standard InChI is InChI=1S/C28H28N2O/c1-19-9-7-15-26-27(19)28(23-12-4-6-14-25(23)31-26)30-18-20(17-21-10-8-16-29(21)2)22-11-3-5-13-24(22)30/h3-7,9,11-15,18,21,28H,8,10,16-17H2,1-2H3/t21-,28+/m0/s1. The Kier molecular flexibility index (Phi) is 4.39. The normalized spacial score (nSPS) is 20.5. The lowest BCUT2D eigenvalue weighted by Gasteiger charge is -2.31. The number of aromatic nitrogens is 1. The number of rotatable bonds is 3. The molecule has 0 amide bonds. The van der Waals surface area contributed by atoms with Crippen molar-refractivity contribution in [2.75, 3.05) is 13.6 Å². The Hall–Kier alpha value is -3.04. The number of fused-ring (bicyclic) bond motifs is 3. The molecule has 0 spiro atoms. The van der Waals surface area contributed by atoms with E-state index in [1.165, 1.54) is 52.5 Å². The van der Waals surface area contributed by atoms with Gasteiger partial charge in [0.25, 0.3) is 0 Å². The smallest absolute Gasteiger partial charge is 0.133 e. The molecule has 3 heterocycles. The van der Waals surface area contributed by atoms with Gasteiger partial charge >= 0.3 is 0 Å².